The highest BCUT2D eigenvalue weighted by atomic mass is 16.1. The van der Waals surface area contributed by atoms with Crippen molar-refractivity contribution in [3.05, 3.63) is 108 Å². The maximum atomic E-state index is 11.5. The zero-order valence-corrected chi connectivity index (χ0v) is 13.2. The molecule has 0 saturated carbocycles. The number of aromatic nitrogens is 1. The molecular formula is C22H17NO. The van der Waals surface area contributed by atoms with Gasteiger partial charge < -0.3 is 4.57 Å². The average Bonchev–Trinajstić information content (AvgIpc) is 2.62. The third-order valence-electron chi connectivity index (χ3n) is 4.43. The maximum absolute atomic E-state index is 11.5. The first kappa shape index (κ1) is 14.5. The molecule has 2 aromatic carbocycles. The largest absolute Gasteiger partial charge is 0.343 e. The Bertz CT molecular complexity index is 1060. The first-order chi connectivity index (χ1) is 11.7. The molecule has 0 N–H and O–H groups in total. The second-order valence-corrected chi connectivity index (χ2v) is 5.97. The van der Waals surface area contributed by atoms with Crippen molar-refractivity contribution in [2.45, 2.75) is 6.04 Å². The number of allylic oxidation sites excluding steroid dienone is 1. The van der Waals surface area contributed by atoms with Gasteiger partial charge in [0.25, 0.3) is 0 Å². The number of hydrogen-bond acceptors (Lipinski definition) is 1. The number of rotatable bonds is 3. The highest BCUT2D eigenvalue weighted by Crippen LogP contribution is 2.27. The van der Waals surface area contributed by atoms with Gasteiger partial charge in [-0.3, -0.25) is 4.79 Å². The molecule has 2 nitrogen and oxygen atoms in total. The molecule has 0 aromatic heterocycles. The molecule has 1 aliphatic heterocycles. The fourth-order valence-electron chi connectivity index (χ4n) is 3.18. The molecule has 0 bridgehead atoms. The van der Waals surface area contributed by atoms with Crippen LogP contribution in [0.5, 0.6) is 0 Å². The van der Waals surface area contributed by atoms with E-state index in [0.717, 1.165) is 11.1 Å². The summed E-state index contributed by atoms with van der Waals surface area (Å²) < 4.78 is 2.13. The summed E-state index contributed by atoms with van der Waals surface area (Å²) in [4.78, 5) is 11.5. The molecular weight excluding hydrogens is 294 g/mol. The fraction of sp³-hybridized carbons (Fsp3) is 0.0455. The molecule has 1 atom stereocenters. The lowest BCUT2D eigenvalue weighted by Crippen LogP contribution is -2.09. The molecule has 2 heteroatoms. The lowest BCUT2D eigenvalue weighted by atomic mass is 10.0. The van der Waals surface area contributed by atoms with Gasteiger partial charge >= 0.3 is 0 Å². The van der Waals surface area contributed by atoms with E-state index >= 15 is 0 Å². The summed E-state index contributed by atoms with van der Waals surface area (Å²) in [5.74, 6) is 0. The van der Waals surface area contributed by atoms with Gasteiger partial charge in [-0.2, -0.15) is 0 Å². The molecule has 1 aliphatic carbocycles. The predicted molar refractivity (Wildman–Crippen MR) is 99.6 cm³/mol. The summed E-state index contributed by atoms with van der Waals surface area (Å²) in [5, 5.41) is 2.45. The molecule has 4 rings (SSSR count). The van der Waals surface area contributed by atoms with Gasteiger partial charge in [0, 0.05) is 12.4 Å². The van der Waals surface area contributed by atoms with Crippen molar-refractivity contribution in [1.82, 2.24) is 4.57 Å². The molecule has 1 unspecified atom stereocenters. The van der Waals surface area contributed by atoms with E-state index in [1.807, 2.05) is 24.4 Å². The SMILES string of the molecule is C=CC(c1ccc2ccccc2c1)n1ccc2cc(=O)ccc-2c1. The molecule has 0 radical (unpaired) electrons. The van der Waals surface area contributed by atoms with Crippen LogP contribution in [0.15, 0.2) is 96.6 Å². The van der Waals surface area contributed by atoms with E-state index < -0.39 is 0 Å². The zero-order chi connectivity index (χ0) is 16.5. The highest BCUT2D eigenvalue weighted by molar-refractivity contribution is 5.83. The van der Waals surface area contributed by atoms with Gasteiger partial charge in [-0.15, -0.1) is 6.58 Å². The molecule has 1 heterocycles. The Balaban J connectivity index is 1.82. The molecule has 116 valence electrons. The van der Waals surface area contributed by atoms with E-state index in [1.165, 1.54) is 16.3 Å². The molecule has 0 spiro atoms. The number of fused-ring (bicyclic) bond motifs is 2. The summed E-state index contributed by atoms with van der Waals surface area (Å²) in [5.41, 5.74) is 3.23. The van der Waals surface area contributed by atoms with Crippen LogP contribution >= 0.6 is 0 Å². The Hall–Kier alpha value is -3.13. The molecule has 2 aliphatic rings. The van der Waals surface area contributed by atoms with Crippen LogP contribution in [0.2, 0.25) is 0 Å². The topological polar surface area (TPSA) is 22.0 Å². The van der Waals surface area contributed by atoms with Gasteiger partial charge in [0.2, 0.25) is 0 Å². The summed E-state index contributed by atoms with van der Waals surface area (Å²) in [7, 11) is 0. The second-order valence-electron chi connectivity index (χ2n) is 5.97. The van der Waals surface area contributed by atoms with E-state index in [-0.39, 0.29) is 11.5 Å². The minimum absolute atomic E-state index is 0.0371. The van der Waals surface area contributed by atoms with Crippen molar-refractivity contribution in [3.63, 3.8) is 0 Å². The van der Waals surface area contributed by atoms with Crippen LogP contribution in [0.25, 0.3) is 21.9 Å². The third kappa shape index (κ3) is 2.52. The van der Waals surface area contributed by atoms with Gasteiger partial charge in [-0.05, 0) is 57.8 Å². The second kappa shape index (κ2) is 5.82. The number of benzene rings is 3. The monoisotopic (exact) mass is 311 g/mol. The number of hydrogen-bond donors (Lipinski definition) is 0. The lowest BCUT2D eigenvalue weighted by Gasteiger charge is -2.20. The van der Waals surface area contributed by atoms with E-state index in [1.54, 1.807) is 12.1 Å². The average molecular weight is 311 g/mol. The van der Waals surface area contributed by atoms with E-state index in [0.29, 0.717) is 0 Å². The fourth-order valence-corrected chi connectivity index (χ4v) is 3.18. The van der Waals surface area contributed by atoms with Crippen molar-refractivity contribution in [2.24, 2.45) is 0 Å². The molecule has 0 saturated heterocycles. The van der Waals surface area contributed by atoms with Crippen molar-refractivity contribution in [2.75, 3.05) is 0 Å². The van der Waals surface area contributed by atoms with Gasteiger partial charge in [0.05, 0.1) is 6.04 Å². The van der Waals surface area contributed by atoms with Crippen LogP contribution in [0.3, 0.4) is 0 Å². The van der Waals surface area contributed by atoms with Crippen LogP contribution in [0, 0.1) is 0 Å². The maximum Gasteiger partial charge on any atom is 0.179 e. The van der Waals surface area contributed by atoms with Gasteiger partial charge in [-0.25, -0.2) is 0 Å². The molecule has 24 heavy (non-hydrogen) atoms. The number of nitrogens with zero attached hydrogens (tertiary/aromatic N) is 1. The lowest BCUT2D eigenvalue weighted by molar-refractivity contribution is 0.697. The quantitative estimate of drug-likeness (QED) is 0.494. The Morgan fingerprint density at radius 2 is 1.71 bits per heavy atom. The Labute approximate surface area is 140 Å². The minimum atomic E-state index is 0.0371. The van der Waals surface area contributed by atoms with Gasteiger partial charge in [-0.1, -0.05) is 42.5 Å². The Morgan fingerprint density at radius 1 is 0.875 bits per heavy atom. The van der Waals surface area contributed by atoms with E-state index in [2.05, 4.69) is 59.8 Å². The summed E-state index contributed by atoms with van der Waals surface area (Å²) >= 11 is 0. The van der Waals surface area contributed by atoms with Crippen molar-refractivity contribution < 1.29 is 0 Å². The van der Waals surface area contributed by atoms with Crippen molar-refractivity contribution in [3.8, 4) is 11.1 Å². The van der Waals surface area contributed by atoms with Crippen molar-refractivity contribution >= 4 is 10.8 Å². The minimum Gasteiger partial charge on any atom is -0.343 e. The predicted octanol–water partition coefficient (Wildman–Crippen LogP) is 4.88. The highest BCUT2D eigenvalue weighted by Gasteiger charge is 2.11. The van der Waals surface area contributed by atoms with E-state index in [4.69, 9.17) is 0 Å². The van der Waals surface area contributed by atoms with Crippen LogP contribution in [0.1, 0.15) is 11.6 Å². The summed E-state index contributed by atoms with van der Waals surface area (Å²) in [6.45, 7) is 4.02. The first-order valence-electron chi connectivity index (χ1n) is 7.97. The van der Waals surface area contributed by atoms with Crippen molar-refractivity contribution in [1.29, 1.82) is 0 Å². The Morgan fingerprint density at radius 3 is 2.54 bits per heavy atom. The van der Waals surface area contributed by atoms with Crippen LogP contribution in [-0.4, -0.2) is 4.57 Å². The first-order valence-corrected chi connectivity index (χ1v) is 7.97. The molecule has 0 amide bonds. The summed E-state index contributed by atoms with van der Waals surface area (Å²) in [6, 6.07) is 22.0. The molecule has 0 fully saturated rings. The van der Waals surface area contributed by atoms with Crippen LogP contribution in [-0.2, 0) is 0 Å². The van der Waals surface area contributed by atoms with Crippen LogP contribution < -0.4 is 5.43 Å². The smallest absolute Gasteiger partial charge is 0.179 e. The van der Waals surface area contributed by atoms with E-state index in [9.17, 15) is 4.79 Å². The normalized spacial score (nSPS) is 12.3. The summed E-state index contributed by atoms with van der Waals surface area (Å²) in [6.07, 6.45) is 6.01. The standard InChI is InChI=1S/C22H17NO/c1-2-22(19-8-7-16-5-3-4-6-17(16)13-19)23-12-11-18-14-21(24)10-9-20(18)15-23/h2-15,22H,1H2. The van der Waals surface area contributed by atoms with Gasteiger partial charge in [0.1, 0.15) is 0 Å². The third-order valence-corrected chi connectivity index (χ3v) is 4.43. The molecule has 2 aromatic rings. The van der Waals surface area contributed by atoms with Crippen LogP contribution in [0.4, 0.5) is 0 Å². The Kier molecular flexibility index (Phi) is 3.51. The number of pyridine rings is 1. The van der Waals surface area contributed by atoms with Gasteiger partial charge in [0.15, 0.2) is 5.43 Å². The zero-order valence-electron chi connectivity index (χ0n) is 13.2.